The van der Waals surface area contributed by atoms with E-state index in [9.17, 15) is 14.4 Å². The molecule has 30 heavy (non-hydrogen) atoms. The molecule has 1 heterocycles. The number of nitrogens with zero attached hydrogens (tertiary/aromatic N) is 1. The Morgan fingerprint density at radius 3 is 2.53 bits per heavy atom. The van der Waals surface area contributed by atoms with E-state index in [1.165, 1.54) is 12.0 Å². The van der Waals surface area contributed by atoms with Crippen LogP contribution in [0.15, 0.2) is 36.4 Å². The molecule has 9 heteroatoms. The van der Waals surface area contributed by atoms with Crippen molar-refractivity contribution >= 4 is 29.3 Å². The molecule has 0 radical (unpaired) electrons. The molecule has 0 fully saturated rings. The minimum atomic E-state index is -1.14. The second-order valence-corrected chi connectivity index (χ2v) is 7.16. The molecule has 2 unspecified atom stereocenters. The predicted molar refractivity (Wildman–Crippen MR) is 110 cm³/mol. The van der Waals surface area contributed by atoms with Gasteiger partial charge in [-0.3, -0.25) is 14.4 Å². The summed E-state index contributed by atoms with van der Waals surface area (Å²) in [5.74, 6) is -0.944. The third kappa shape index (κ3) is 3.78. The molecule has 1 aliphatic heterocycles. The highest BCUT2D eigenvalue weighted by molar-refractivity contribution is 6.32. The SMILES string of the molecule is CCOc1cc(C(CC(N)=O)N2C(=O)c3cccc(Cl)c3C2C(N)=O)ccc1OC. The highest BCUT2D eigenvalue weighted by Gasteiger charge is 2.45. The van der Waals surface area contributed by atoms with Gasteiger partial charge in [-0.1, -0.05) is 23.7 Å². The number of rotatable bonds is 8. The third-order valence-electron chi connectivity index (χ3n) is 4.94. The van der Waals surface area contributed by atoms with E-state index >= 15 is 0 Å². The molecular formula is C21H22ClN3O5. The van der Waals surface area contributed by atoms with Gasteiger partial charge in [0.05, 0.1) is 26.2 Å². The van der Waals surface area contributed by atoms with E-state index in [1.54, 1.807) is 36.4 Å². The van der Waals surface area contributed by atoms with Crippen LogP contribution in [0.25, 0.3) is 0 Å². The molecule has 158 valence electrons. The van der Waals surface area contributed by atoms with E-state index in [-0.39, 0.29) is 17.0 Å². The maximum atomic E-state index is 13.2. The summed E-state index contributed by atoms with van der Waals surface area (Å²) in [7, 11) is 1.50. The minimum Gasteiger partial charge on any atom is -0.493 e. The lowest BCUT2D eigenvalue weighted by Gasteiger charge is -2.32. The van der Waals surface area contributed by atoms with Crippen molar-refractivity contribution in [3.63, 3.8) is 0 Å². The second kappa shape index (κ2) is 8.62. The maximum absolute atomic E-state index is 13.2. The van der Waals surface area contributed by atoms with Crippen molar-refractivity contribution in [3.8, 4) is 11.5 Å². The van der Waals surface area contributed by atoms with Crippen molar-refractivity contribution in [3.05, 3.63) is 58.1 Å². The van der Waals surface area contributed by atoms with Gasteiger partial charge in [0, 0.05) is 16.1 Å². The van der Waals surface area contributed by atoms with Crippen LogP contribution < -0.4 is 20.9 Å². The molecule has 0 aromatic heterocycles. The molecular weight excluding hydrogens is 410 g/mol. The van der Waals surface area contributed by atoms with E-state index in [4.69, 9.17) is 32.5 Å². The quantitative estimate of drug-likeness (QED) is 0.663. The first-order chi connectivity index (χ1) is 14.3. The first kappa shape index (κ1) is 21.4. The number of carbonyl (C=O) groups is 3. The fraction of sp³-hybridized carbons (Fsp3) is 0.286. The van der Waals surface area contributed by atoms with Crippen molar-refractivity contribution in [2.75, 3.05) is 13.7 Å². The minimum absolute atomic E-state index is 0.223. The molecule has 2 aromatic rings. The topological polar surface area (TPSA) is 125 Å². The highest BCUT2D eigenvalue weighted by atomic mass is 35.5. The van der Waals surface area contributed by atoms with Gasteiger partial charge >= 0.3 is 0 Å². The summed E-state index contributed by atoms with van der Waals surface area (Å²) in [5, 5.41) is 0.245. The molecule has 0 saturated heterocycles. The zero-order valence-corrected chi connectivity index (χ0v) is 17.3. The average Bonchev–Trinajstić information content (AvgIpc) is 3.00. The number of benzene rings is 2. The highest BCUT2D eigenvalue weighted by Crippen LogP contribution is 2.45. The van der Waals surface area contributed by atoms with Crippen molar-refractivity contribution in [2.24, 2.45) is 11.5 Å². The van der Waals surface area contributed by atoms with Gasteiger partial charge in [-0.25, -0.2) is 0 Å². The zero-order chi connectivity index (χ0) is 22.0. The van der Waals surface area contributed by atoms with Gasteiger partial charge in [-0.2, -0.15) is 0 Å². The van der Waals surface area contributed by atoms with Crippen LogP contribution in [0.2, 0.25) is 5.02 Å². The predicted octanol–water partition coefficient (Wildman–Crippen LogP) is 2.35. The van der Waals surface area contributed by atoms with Crippen LogP contribution in [0.1, 0.15) is 46.9 Å². The first-order valence-corrected chi connectivity index (χ1v) is 9.67. The smallest absolute Gasteiger partial charge is 0.255 e. The molecule has 8 nitrogen and oxygen atoms in total. The number of fused-ring (bicyclic) bond motifs is 1. The summed E-state index contributed by atoms with van der Waals surface area (Å²) in [5.41, 5.74) is 12.3. The summed E-state index contributed by atoms with van der Waals surface area (Å²) >= 11 is 6.29. The average molecular weight is 432 g/mol. The molecule has 0 spiro atoms. The standard InChI is InChI=1S/C21H22ClN3O5/c1-3-30-16-9-11(7-8-15(16)29-2)14(10-17(23)26)25-19(20(24)27)18-12(21(25)28)5-4-6-13(18)22/h4-9,14,19H,3,10H2,1-2H3,(H2,23,26)(H2,24,27). The Kier molecular flexibility index (Phi) is 6.17. The van der Waals surface area contributed by atoms with Gasteiger partial charge in [0.1, 0.15) is 6.04 Å². The van der Waals surface area contributed by atoms with Crippen LogP contribution in [0.4, 0.5) is 0 Å². The Bertz CT molecular complexity index is 1010. The first-order valence-electron chi connectivity index (χ1n) is 9.29. The Labute approximate surface area is 178 Å². The molecule has 3 rings (SSSR count). The van der Waals surface area contributed by atoms with Crippen molar-refractivity contribution in [1.29, 1.82) is 0 Å². The zero-order valence-electron chi connectivity index (χ0n) is 16.6. The number of methoxy groups -OCH3 is 1. The van der Waals surface area contributed by atoms with E-state index in [2.05, 4.69) is 0 Å². The third-order valence-corrected chi connectivity index (χ3v) is 5.27. The monoisotopic (exact) mass is 431 g/mol. The lowest BCUT2D eigenvalue weighted by atomic mass is 9.98. The normalized spacial score (nSPS) is 16.2. The van der Waals surface area contributed by atoms with Gasteiger partial charge in [0.25, 0.3) is 5.91 Å². The van der Waals surface area contributed by atoms with Crippen LogP contribution in [0, 0.1) is 0 Å². The summed E-state index contributed by atoms with van der Waals surface area (Å²) in [6.45, 7) is 2.20. The molecule has 4 N–H and O–H groups in total. The Balaban J connectivity index is 2.16. The molecule has 0 saturated carbocycles. The number of ether oxygens (including phenoxy) is 2. The molecule has 1 aliphatic rings. The van der Waals surface area contributed by atoms with E-state index in [0.717, 1.165) is 0 Å². The Morgan fingerprint density at radius 2 is 1.93 bits per heavy atom. The number of halogens is 1. The van der Waals surface area contributed by atoms with E-state index < -0.39 is 29.8 Å². The van der Waals surface area contributed by atoms with Gasteiger partial charge in [0.15, 0.2) is 11.5 Å². The fourth-order valence-electron chi connectivity index (χ4n) is 3.73. The number of hydrogen-bond acceptors (Lipinski definition) is 5. The maximum Gasteiger partial charge on any atom is 0.255 e. The van der Waals surface area contributed by atoms with Crippen molar-refractivity contribution in [1.82, 2.24) is 4.90 Å². The van der Waals surface area contributed by atoms with E-state index in [0.29, 0.717) is 29.2 Å². The van der Waals surface area contributed by atoms with Crippen molar-refractivity contribution in [2.45, 2.75) is 25.4 Å². The largest absolute Gasteiger partial charge is 0.493 e. The summed E-state index contributed by atoms with van der Waals surface area (Å²) in [4.78, 5) is 38.8. The molecule has 0 bridgehead atoms. The molecule has 3 amide bonds. The molecule has 2 atom stereocenters. The summed E-state index contributed by atoms with van der Waals surface area (Å²) < 4.78 is 10.9. The van der Waals surface area contributed by atoms with Crippen LogP contribution in [-0.2, 0) is 9.59 Å². The molecule has 0 aliphatic carbocycles. The van der Waals surface area contributed by atoms with Crippen LogP contribution in [-0.4, -0.2) is 36.3 Å². The summed E-state index contributed by atoms with van der Waals surface area (Å²) in [6, 6.07) is 7.77. The van der Waals surface area contributed by atoms with Crippen LogP contribution in [0.3, 0.4) is 0 Å². The molecule has 2 aromatic carbocycles. The fourth-order valence-corrected chi connectivity index (χ4v) is 4.01. The van der Waals surface area contributed by atoms with Gasteiger partial charge in [-0.15, -0.1) is 0 Å². The Morgan fingerprint density at radius 1 is 1.20 bits per heavy atom. The lowest BCUT2D eigenvalue weighted by Crippen LogP contribution is -2.40. The number of nitrogens with two attached hydrogens (primary N) is 2. The van der Waals surface area contributed by atoms with Gasteiger partial charge in [-0.05, 0) is 36.8 Å². The lowest BCUT2D eigenvalue weighted by molar-refractivity contribution is -0.125. The van der Waals surface area contributed by atoms with E-state index in [1.807, 2.05) is 6.92 Å². The van der Waals surface area contributed by atoms with Gasteiger partial charge in [0.2, 0.25) is 11.8 Å². The number of hydrogen-bond donors (Lipinski definition) is 2. The van der Waals surface area contributed by atoms with Crippen LogP contribution >= 0.6 is 11.6 Å². The Hall–Kier alpha value is -3.26. The van der Waals surface area contributed by atoms with Crippen LogP contribution in [0.5, 0.6) is 11.5 Å². The number of primary amides is 2. The number of amides is 3. The summed E-state index contributed by atoms with van der Waals surface area (Å²) in [6.07, 6.45) is -0.223. The van der Waals surface area contributed by atoms with Crippen molar-refractivity contribution < 1.29 is 23.9 Å². The second-order valence-electron chi connectivity index (χ2n) is 6.75. The number of carbonyl (C=O) groups excluding carboxylic acids is 3. The van der Waals surface area contributed by atoms with Gasteiger partial charge < -0.3 is 25.8 Å².